The van der Waals surface area contributed by atoms with Gasteiger partial charge in [-0.3, -0.25) is 9.59 Å². The van der Waals surface area contributed by atoms with E-state index in [-0.39, 0.29) is 45.5 Å². The van der Waals surface area contributed by atoms with Crippen molar-refractivity contribution in [1.82, 2.24) is 0 Å². The summed E-state index contributed by atoms with van der Waals surface area (Å²) in [5.41, 5.74) is 1.80. The quantitative estimate of drug-likeness (QED) is 0.193. The monoisotopic (exact) mass is 589 g/mol. The lowest BCUT2D eigenvalue weighted by Gasteiger charge is -2.72. The van der Waals surface area contributed by atoms with Gasteiger partial charge in [-0.05, 0) is 128 Å². The largest absolute Gasteiger partial charge is 0.595 e. The molecule has 0 spiro atoms. The predicted octanol–water partition coefficient (Wildman–Crippen LogP) is 7.39. The number of ketones is 1. The Kier molecular flexibility index (Phi) is 7.05. The molecule has 0 bridgehead atoms. The van der Waals surface area contributed by atoms with Crippen LogP contribution in [0.4, 0.5) is 5.69 Å². The van der Waals surface area contributed by atoms with Gasteiger partial charge < -0.3 is 10.3 Å². The molecule has 6 rings (SSSR count). The highest BCUT2D eigenvalue weighted by molar-refractivity contribution is 6.04. The molecule has 3 N–H and O–H groups in total. The van der Waals surface area contributed by atoms with E-state index in [1.165, 1.54) is 0 Å². The Morgan fingerprint density at radius 3 is 2.37 bits per heavy atom. The van der Waals surface area contributed by atoms with E-state index in [1.54, 1.807) is 18.2 Å². The van der Waals surface area contributed by atoms with Crippen LogP contribution in [0.15, 0.2) is 42.0 Å². The Morgan fingerprint density at radius 2 is 1.72 bits per heavy atom. The van der Waals surface area contributed by atoms with Crippen molar-refractivity contribution in [2.75, 3.05) is 0 Å². The zero-order valence-electron chi connectivity index (χ0n) is 27.0. The van der Waals surface area contributed by atoms with E-state index in [9.17, 15) is 25.1 Å². The van der Waals surface area contributed by atoms with Crippen molar-refractivity contribution >= 4 is 23.5 Å². The number of carboxylic acid groups (broad SMARTS) is 1. The zero-order chi connectivity index (χ0) is 31.3. The highest BCUT2D eigenvalue weighted by Crippen LogP contribution is 2.77. The van der Waals surface area contributed by atoms with Crippen molar-refractivity contribution in [2.45, 2.75) is 99.3 Å². The number of quaternary nitrogens is 1. The zero-order valence-corrected chi connectivity index (χ0v) is 27.0. The van der Waals surface area contributed by atoms with Crippen molar-refractivity contribution in [3.05, 3.63) is 52.8 Å². The van der Waals surface area contributed by atoms with Crippen molar-refractivity contribution in [2.24, 2.45) is 56.7 Å². The summed E-state index contributed by atoms with van der Waals surface area (Å²) < 4.78 is 0. The van der Waals surface area contributed by atoms with Gasteiger partial charge in [0.1, 0.15) is 0 Å². The Hall–Kier alpha value is -2.28. The molecule has 5 aliphatic rings. The van der Waals surface area contributed by atoms with Crippen LogP contribution in [0.5, 0.6) is 0 Å². The molecular weight excluding hydrogens is 538 g/mol. The lowest BCUT2D eigenvalue weighted by molar-refractivity contribution is -0.991. The maximum absolute atomic E-state index is 14.1. The van der Waals surface area contributed by atoms with E-state index in [0.29, 0.717) is 18.3 Å². The summed E-state index contributed by atoms with van der Waals surface area (Å²) in [7, 11) is 0. The Bertz CT molecular complexity index is 1390. The minimum Gasteiger partial charge on any atom is -0.595 e. The van der Waals surface area contributed by atoms with Crippen molar-refractivity contribution < 1.29 is 25.1 Å². The molecule has 234 valence electrons. The van der Waals surface area contributed by atoms with Crippen molar-refractivity contribution in [1.29, 1.82) is 0 Å². The fourth-order valence-electron chi connectivity index (χ4n) is 12.5. The minimum atomic E-state index is -0.967. The van der Waals surface area contributed by atoms with Crippen LogP contribution in [0.3, 0.4) is 0 Å². The SMILES string of the molecule is C=C(C)[C@H]1CC[C@@]2(C(=O)O)CC[C@]3(C)[C@@H](CC[C@H]4[C@@]5(C)CC(=Cc6cccc([NH+]([O-])O)c6)C(=O)C(C)(C)[C@@H]5CC[C@]43C)[C@@H]12. The highest BCUT2D eigenvalue weighted by Gasteiger charge is 2.72. The molecule has 1 aromatic carbocycles. The second-order valence-corrected chi connectivity index (χ2v) is 16.5. The fraction of sp³-hybridized carbons (Fsp3) is 0.676. The molecule has 0 heterocycles. The molecule has 0 radical (unpaired) electrons. The van der Waals surface area contributed by atoms with Crippen LogP contribution in [-0.2, 0) is 9.59 Å². The summed E-state index contributed by atoms with van der Waals surface area (Å²) >= 11 is 0. The van der Waals surface area contributed by atoms with Gasteiger partial charge in [0.15, 0.2) is 11.5 Å². The Labute approximate surface area is 257 Å². The average molecular weight is 590 g/mol. The van der Waals surface area contributed by atoms with Gasteiger partial charge in [0.2, 0.25) is 0 Å². The number of Topliss-reactive ketones (excluding diaryl/α,β-unsaturated/α-hetero) is 1. The number of carbonyl (C=O) groups is 2. The Morgan fingerprint density at radius 1 is 1.00 bits per heavy atom. The highest BCUT2D eigenvalue weighted by atomic mass is 16.8. The van der Waals surface area contributed by atoms with Crippen LogP contribution in [0.25, 0.3) is 6.08 Å². The summed E-state index contributed by atoms with van der Waals surface area (Å²) in [6, 6.07) is 6.89. The molecule has 0 amide bonds. The van der Waals surface area contributed by atoms with E-state index in [1.807, 2.05) is 12.1 Å². The van der Waals surface area contributed by atoms with Crippen LogP contribution in [0.2, 0.25) is 0 Å². The van der Waals surface area contributed by atoms with E-state index in [2.05, 4.69) is 48.1 Å². The molecule has 5 saturated carbocycles. The molecule has 1 unspecified atom stereocenters. The smallest absolute Gasteiger partial charge is 0.309 e. The molecule has 0 saturated heterocycles. The van der Waals surface area contributed by atoms with Gasteiger partial charge in [-0.1, -0.05) is 58.9 Å². The first-order chi connectivity index (χ1) is 20.0. The van der Waals surface area contributed by atoms with E-state index < -0.39 is 22.0 Å². The number of rotatable bonds is 4. The summed E-state index contributed by atoms with van der Waals surface area (Å²) in [5.74, 6) is 1.06. The van der Waals surface area contributed by atoms with Gasteiger partial charge in [-0.2, -0.15) is 5.23 Å². The van der Waals surface area contributed by atoms with Crippen molar-refractivity contribution in [3.8, 4) is 0 Å². The van der Waals surface area contributed by atoms with Crippen LogP contribution < -0.4 is 5.23 Å². The first kappa shape index (κ1) is 30.7. The predicted molar refractivity (Wildman–Crippen MR) is 167 cm³/mol. The van der Waals surface area contributed by atoms with Crippen molar-refractivity contribution in [3.63, 3.8) is 0 Å². The number of aliphatic carboxylic acids is 1. The third kappa shape index (κ3) is 4.08. The van der Waals surface area contributed by atoms with Crippen LogP contribution in [0, 0.1) is 61.9 Å². The lowest BCUT2D eigenvalue weighted by atomic mass is 9.32. The molecule has 5 aliphatic carbocycles. The van der Waals surface area contributed by atoms with Crippen LogP contribution >= 0.6 is 0 Å². The number of nitrogens with one attached hydrogen (secondary N) is 1. The van der Waals surface area contributed by atoms with Gasteiger partial charge in [0, 0.05) is 17.5 Å². The number of benzene rings is 1. The number of allylic oxidation sites excluding steroid dienone is 2. The standard InChI is InChI=1S/C37H51NO5/c1-22(2)26-13-16-37(32(40)41)18-17-35(6)27(30(26)37)11-12-29-34(5)21-24(19-23-9-8-10-25(20-23)38(42)43)31(39)33(3,4)28(34)14-15-36(29,35)7/h8-10,19-20,26-30,38,42H,1,11-18,21H2,2-7H3,(H,40,41)/t26-,27+,28+,29+,30-,34+,35-,36-,37-/m1/s1. The van der Waals surface area contributed by atoms with Crippen LogP contribution in [-0.4, -0.2) is 22.1 Å². The topological polar surface area (TPSA) is 102 Å². The minimum absolute atomic E-state index is 0.0247. The molecule has 0 aliphatic heterocycles. The molecule has 6 heteroatoms. The number of hydrogen-bond donors (Lipinski definition) is 3. The summed E-state index contributed by atoms with van der Waals surface area (Å²) in [6.07, 6.45) is 10.2. The number of fused-ring (bicyclic) bond motifs is 7. The fourth-order valence-corrected chi connectivity index (χ4v) is 12.5. The second-order valence-electron chi connectivity index (χ2n) is 16.5. The summed E-state index contributed by atoms with van der Waals surface area (Å²) in [6.45, 7) is 18.2. The molecule has 10 atom stereocenters. The number of hydrogen-bond acceptors (Lipinski definition) is 4. The maximum atomic E-state index is 14.1. The van der Waals surface area contributed by atoms with E-state index >= 15 is 0 Å². The van der Waals surface area contributed by atoms with Gasteiger partial charge in [-0.25, -0.2) is 5.21 Å². The first-order valence-corrected chi connectivity index (χ1v) is 16.5. The van der Waals surface area contributed by atoms with Gasteiger partial charge >= 0.3 is 5.97 Å². The van der Waals surface area contributed by atoms with Gasteiger partial charge in [0.05, 0.1) is 5.41 Å². The third-order valence-electron chi connectivity index (χ3n) is 14.6. The summed E-state index contributed by atoms with van der Waals surface area (Å²) in [4.78, 5) is 27.0. The molecule has 6 nitrogen and oxygen atoms in total. The van der Waals surface area contributed by atoms with E-state index in [0.717, 1.165) is 68.1 Å². The van der Waals surface area contributed by atoms with Crippen LogP contribution in [0.1, 0.15) is 105 Å². The summed E-state index contributed by atoms with van der Waals surface area (Å²) in [5, 5.41) is 30.9. The third-order valence-corrected chi connectivity index (χ3v) is 14.6. The molecule has 0 aromatic heterocycles. The van der Waals surface area contributed by atoms with E-state index in [4.69, 9.17) is 0 Å². The number of carboxylic acids is 1. The number of carbonyl (C=O) groups excluding carboxylic acids is 1. The van der Waals surface area contributed by atoms with Gasteiger partial charge in [-0.15, -0.1) is 0 Å². The maximum Gasteiger partial charge on any atom is 0.309 e. The van der Waals surface area contributed by atoms with Gasteiger partial charge in [0.25, 0.3) is 0 Å². The first-order valence-electron chi connectivity index (χ1n) is 16.5. The average Bonchev–Trinajstić information content (AvgIpc) is 3.34. The molecular formula is C37H51NO5. The molecule has 5 fully saturated rings. The normalized spacial score (nSPS) is 45.0. The molecule has 1 aromatic rings. The molecule has 43 heavy (non-hydrogen) atoms. The lowest BCUT2D eigenvalue weighted by Crippen LogP contribution is -2.99. The second kappa shape index (κ2) is 9.86. The Balaban J connectivity index is 1.41.